The number of rotatable bonds is 19. The van der Waals surface area contributed by atoms with Crippen molar-refractivity contribution in [3.05, 3.63) is 71.8 Å². The van der Waals surface area contributed by atoms with E-state index < -0.39 is 11.9 Å². The number of carbonyl (C=O) groups excluding carboxylic acids is 2. The second kappa shape index (κ2) is 19.4. The quantitative estimate of drug-likeness (QED) is 0.0693. The van der Waals surface area contributed by atoms with Crippen LogP contribution in [0, 0.1) is 0 Å². The van der Waals surface area contributed by atoms with E-state index in [9.17, 15) is 9.59 Å². The molecular weight excluding hydrogens is 480 g/mol. The molecule has 0 atom stereocenters. The van der Waals surface area contributed by atoms with E-state index in [0.717, 1.165) is 25.7 Å². The molecule has 206 valence electrons. The molecule has 0 saturated heterocycles. The molecule has 8 heteroatoms. The Hall–Kier alpha value is -3.68. The van der Waals surface area contributed by atoms with Gasteiger partial charge in [-0.05, 0) is 37.1 Å². The maximum Gasteiger partial charge on any atom is 0.365 e. The van der Waals surface area contributed by atoms with Crippen molar-refractivity contribution in [3.8, 4) is 0 Å². The Bertz CT molecular complexity index is 912. The highest BCUT2D eigenvalue weighted by molar-refractivity contribution is 5.90. The Morgan fingerprint density at radius 2 is 0.789 bits per heavy atom. The summed E-state index contributed by atoms with van der Waals surface area (Å²) in [5, 5.41) is 7.49. The third-order valence-corrected chi connectivity index (χ3v) is 6.13. The molecule has 2 aromatic carbocycles. The van der Waals surface area contributed by atoms with Crippen LogP contribution in [0.2, 0.25) is 0 Å². The van der Waals surface area contributed by atoms with Crippen LogP contribution in [0.3, 0.4) is 0 Å². The molecule has 0 aromatic heterocycles. The summed E-state index contributed by atoms with van der Waals surface area (Å²) in [6.07, 6.45) is 15.2. The molecule has 8 nitrogen and oxygen atoms in total. The minimum atomic E-state index is -0.494. The Morgan fingerprint density at radius 3 is 1.11 bits per heavy atom. The van der Waals surface area contributed by atoms with Crippen LogP contribution in [-0.2, 0) is 9.68 Å². The van der Waals surface area contributed by atoms with Crippen LogP contribution >= 0.6 is 0 Å². The predicted molar refractivity (Wildman–Crippen MR) is 152 cm³/mol. The van der Waals surface area contributed by atoms with Gasteiger partial charge in [-0.25, -0.2) is 9.59 Å². The molecule has 2 rings (SSSR count). The number of unbranched alkanes of at least 4 members (excludes halogenated alkanes) is 11. The first-order chi connectivity index (χ1) is 18.6. The molecule has 0 aliphatic rings. The SMILES string of the molecule is N/C(CCCCCCCCCCCCCC/C(N)=N/OC(=O)c1ccccc1)=N\OC(=O)c1ccccc1. The average molecular weight is 523 g/mol. The Kier molecular flexibility index (Phi) is 15.6. The molecular formula is C30H42N4O4. The van der Waals surface area contributed by atoms with Gasteiger partial charge in [-0.2, -0.15) is 0 Å². The summed E-state index contributed by atoms with van der Waals surface area (Å²) in [7, 11) is 0. The number of hydrogen-bond acceptors (Lipinski definition) is 6. The van der Waals surface area contributed by atoms with Crippen LogP contribution in [0.25, 0.3) is 0 Å². The van der Waals surface area contributed by atoms with Crippen molar-refractivity contribution in [1.29, 1.82) is 0 Å². The first-order valence-corrected chi connectivity index (χ1v) is 13.7. The van der Waals surface area contributed by atoms with Gasteiger partial charge in [0.15, 0.2) is 0 Å². The van der Waals surface area contributed by atoms with Gasteiger partial charge in [-0.15, -0.1) is 0 Å². The standard InChI is InChI=1S/C30H42N4O4/c31-27(33-37-29(35)25-19-13-11-14-20-25)23-17-9-7-5-3-1-2-4-6-8-10-18-24-28(32)34-38-30(36)26-21-15-12-16-22-26/h11-16,19-22H,1-10,17-18,23-24H2,(H2,31,33)(H2,32,34). The smallest absolute Gasteiger partial charge is 0.365 e. The van der Waals surface area contributed by atoms with Gasteiger partial charge in [0.1, 0.15) is 11.7 Å². The molecule has 0 saturated carbocycles. The summed E-state index contributed by atoms with van der Waals surface area (Å²) in [6.45, 7) is 0. The second-order valence-electron chi connectivity index (χ2n) is 9.40. The lowest BCUT2D eigenvalue weighted by Crippen LogP contribution is -2.13. The van der Waals surface area contributed by atoms with Crippen LogP contribution < -0.4 is 11.5 Å². The minimum Gasteiger partial charge on any atom is -0.384 e. The fourth-order valence-electron chi connectivity index (χ4n) is 3.93. The highest BCUT2D eigenvalue weighted by Gasteiger charge is 2.07. The van der Waals surface area contributed by atoms with Gasteiger partial charge in [0, 0.05) is 12.8 Å². The van der Waals surface area contributed by atoms with Crippen LogP contribution in [0.5, 0.6) is 0 Å². The molecule has 0 aliphatic carbocycles. The second-order valence-corrected chi connectivity index (χ2v) is 9.40. The summed E-state index contributed by atoms with van der Waals surface area (Å²) >= 11 is 0. The number of benzene rings is 2. The Labute approximate surface area is 226 Å². The fourth-order valence-corrected chi connectivity index (χ4v) is 3.93. The molecule has 0 unspecified atom stereocenters. The highest BCUT2D eigenvalue weighted by Crippen LogP contribution is 2.13. The molecule has 38 heavy (non-hydrogen) atoms. The predicted octanol–water partition coefficient (Wildman–Crippen LogP) is 6.71. The average Bonchev–Trinajstić information content (AvgIpc) is 2.95. The number of carbonyl (C=O) groups is 2. The lowest BCUT2D eigenvalue weighted by Gasteiger charge is -2.04. The summed E-state index contributed by atoms with van der Waals surface area (Å²) in [5.74, 6) is -0.273. The monoisotopic (exact) mass is 522 g/mol. The minimum absolute atomic E-state index is 0.357. The summed E-state index contributed by atoms with van der Waals surface area (Å²) < 4.78 is 0. The summed E-state index contributed by atoms with van der Waals surface area (Å²) in [4.78, 5) is 33.5. The maximum absolute atomic E-state index is 11.8. The first kappa shape index (κ1) is 30.5. The number of hydrogen-bond donors (Lipinski definition) is 2. The normalized spacial score (nSPS) is 11.8. The van der Waals surface area contributed by atoms with Crippen molar-refractivity contribution in [2.24, 2.45) is 21.8 Å². The van der Waals surface area contributed by atoms with Crippen molar-refractivity contribution in [2.45, 2.75) is 89.9 Å². The van der Waals surface area contributed by atoms with Gasteiger partial charge < -0.3 is 21.1 Å². The van der Waals surface area contributed by atoms with E-state index in [1.54, 1.807) is 48.5 Å². The number of oxime groups is 2. The van der Waals surface area contributed by atoms with Gasteiger partial charge >= 0.3 is 11.9 Å². The zero-order valence-electron chi connectivity index (χ0n) is 22.4. The van der Waals surface area contributed by atoms with Gasteiger partial charge in [-0.1, -0.05) is 111 Å². The van der Waals surface area contributed by atoms with E-state index in [-0.39, 0.29) is 0 Å². The van der Waals surface area contributed by atoms with E-state index in [4.69, 9.17) is 21.1 Å². The number of nitrogens with zero attached hydrogens (tertiary/aromatic N) is 2. The summed E-state index contributed by atoms with van der Waals surface area (Å²) in [5.41, 5.74) is 12.6. The Balaban J connectivity index is 1.35. The van der Waals surface area contributed by atoms with Crippen molar-refractivity contribution in [3.63, 3.8) is 0 Å². The van der Waals surface area contributed by atoms with E-state index in [0.29, 0.717) is 35.6 Å². The topological polar surface area (TPSA) is 129 Å². The lowest BCUT2D eigenvalue weighted by atomic mass is 10.0. The molecule has 0 bridgehead atoms. The van der Waals surface area contributed by atoms with E-state index >= 15 is 0 Å². The third-order valence-electron chi connectivity index (χ3n) is 6.13. The van der Waals surface area contributed by atoms with Crippen molar-refractivity contribution >= 4 is 23.6 Å². The zero-order chi connectivity index (χ0) is 27.3. The van der Waals surface area contributed by atoms with Gasteiger partial charge in [0.05, 0.1) is 11.1 Å². The van der Waals surface area contributed by atoms with Crippen molar-refractivity contribution in [2.75, 3.05) is 0 Å². The highest BCUT2D eigenvalue weighted by atomic mass is 16.7. The molecule has 0 heterocycles. The van der Waals surface area contributed by atoms with Crippen LogP contribution in [-0.4, -0.2) is 23.6 Å². The van der Waals surface area contributed by atoms with Gasteiger partial charge in [-0.3, -0.25) is 0 Å². The van der Waals surface area contributed by atoms with E-state index in [1.807, 2.05) is 12.1 Å². The molecule has 0 fully saturated rings. The number of amidine groups is 2. The van der Waals surface area contributed by atoms with Gasteiger partial charge in [0.2, 0.25) is 0 Å². The van der Waals surface area contributed by atoms with Crippen LogP contribution in [0.15, 0.2) is 71.0 Å². The molecule has 0 spiro atoms. The van der Waals surface area contributed by atoms with Crippen molar-refractivity contribution in [1.82, 2.24) is 0 Å². The fraction of sp³-hybridized carbons (Fsp3) is 0.467. The molecule has 0 aliphatic heterocycles. The van der Waals surface area contributed by atoms with E-state index in [2.05, 4.69) is 10.3 Å². The Morgan fingerprint density at radius 1 is 0.500 bits per heavy atom. The molecule has 0 amide bonds. The molecule has 2 aromatic rings. The van der Waals surface area contributed by atoms with Crippen LogP contribution in [0.1, 0.15) is 111 Å². The van der Waals surface area contributed by atoms with Gasteiger partial charge in [0.25, 0.3) is 0 Å². The number of nitrogens with two attached hydrogens (primary N) is 2. The molecule has 4 N–H and O–H groups in total. The molecule has 0 radical (unpaired) electrons. The summed E-state index contributed by atoms with van der Waals surface area (Å²) in [6, 6.07) is 17.5. The third kappa shape index (κ3) is 14.2. The zero-order valence-corrected chi connectivity index (χ0v) is 22.4. The lowest BCUT2D eigenvalue weighted by molar-refractivity contribution is 0.0506. The largest absolute Gasteiger partial charge is 0.384 e. The first-order valence-electron chi connectivity index (χ1n) is 13.7. The van der Waals surface area contributed by atoms with Crippen molar-refractivity contribution < 1.29 is 19.3 Å². The van der Waals surface area contributed by atoms with Crippen LogP contribution in [0.4, 0.5) is 0 Å². The van der Waals surface area contributed by atoms with E-state index in [1.165, 1.54) is 51.4 Å². The maximum atomic E-state index is 11.8.